The first-order valence-corrected chi connectivity index (χ1v) is 7.90. The summed E-state index contributed by atoms with van der Waals surface area (Å²) < 4.78 is 2.29. The Balaban J connectivity index is 2.12. The molecule has 112 valence electrons. The van der Waals surface area contributed by atoms with Crippen LogP contribution >= 0.6 is 0 Å². The lowest BCUT2D eigenvalue weighted by molar-refractivity contribution is 0.973. The van der Waals surface area contributed by atoms with Crippen LogP contribution in [0.4, 0.5) is 0 Å². The van der Waals surface area contributed by atoms with Crippen LogP contribution in [0.2, 0.25) is 0 Å². The lowest BCUT2D eigenvalue weighted by Crippen LogP contribution is -1.95. The summed E-state index contributed by atoms with van der Waals surface area (Å²) in [6.45, 7) is 6.24. The summed E-state index contributed by atoms with van der Waals surface area (Å²) in [5.41, 5.74) is 6.28. The summed E-state index contributed by atoms with van der Waals surface area (Å²) in [5.74, 6) is 0. The molecule has 4 aromatic rings. The first kappa shape index (κ1) is 13.8. The minimum atomic E-state index is 1.18. The van der Waals surface area contributed by atoms with Crippen molar-refractivity contribution in [2.45, 2.75) is 6.92 Å². The Kier molecular flexibility index (Phi) is 3.09. The molecule has 0 aliphatic heterocycles. The van der Waals surface area contributed by atoms with E-state index in [1.165, 1.54) is 44.1 Å². The van der Waals surface area contributed by atoms with Gasteiger partial charge in [-0.3, -0.25) is 0 Å². The third-order valence-electron chi connectivity index (χ3n) is 4.75. The summed E-state index contributed by atoms with van der Waals surface area (Å²) in [4.78, 5) is 0. The third kappa shape index (κ3) is 2.01. The standard InChI is InChI=1S/C22H19N/c1-4-16-13-17-9-5-6-10-18(17)14-20(16)22-15(2)19-11-7-8-12-21(19)23(22)3/h4-14H,1H2,2-3H3. The van der Waals surface area contributed by atoms with Gasteiger partial charge in [-0.1, -0.05) is 55.1 Å². The maximum atomic E-state index is 4.03. The van der Waals surface area contributed by atoms with Gasteiger partial charge in [-0.15, -0.1) is 0 Å². The molecular formula is C22H19N. The molecule has 0 spiro atoms. The van der Waals surface area contributed by atoms with Gasteiger partial charge in [-0.05, 0) is 47.0 Å². The minimum Gasteiger partial charge on any atom is -0.343 e. The molecule has 0 N–H and O–H groups in total. The molecule has 0 aliphatic rings. The number of hydrogen-bond donors (Lipinski definition) is 0. The van der Waals surface area contributed by atoms with Crippen LogP contribution in [-0.2, 0) is 7.05 Å². The van der Waals surface area contributed by atoms with Crippen LogP contribution in [0, 0.1) is 6.92 Å². The summed E-state index contributed by atoms with van der Waals surface area (Å²) in [7, 11) is 2.15. The monoisotopic (exact) mass is 297 g/mol. The lowest BCUT2D eigenvalue weighted by atomic mass is 9.96. The van der Waals surface area contributed by atoms with Crippen LogP contribution in [0.1, 0.15) is 11.1 Å². The molecule has 0 amide bonds. The molecule has 0 unspecified atom stereocenters. The predicted octanol–water partition coefficient (Wildman–Crippen LogP) is 5.95. The van der Waals surface area contributed by atoms with E-state index in [0.717, 1.165) is 0 Å². The minimum absolute atomic E-state index is 1.18. The molecule has 0 aliphatic carbocycles. The normalized spacial score (nSPS) is 11.2. The Morgan fingerprint density at radius 1 is 0.913 bits per heavy atom. The molecule has 1 heteroatoms. The van der Waals surface area contributed by atoms with Crippen molar-refractivity contribution in [1.29, 1.82) is 0 Å². The fourth-order valence-electron chi connectivity index (χ4n) is 3.60. The van der Waals surface area contributed by atoms with Gasteiger partial charge in [0.05, 0.1) is 5.69 Å². The molecule has 23 heavy (non-hydrogen) atoms. The van der Waals surface area contributed by atoms with Crippen molar-refractivity contribution in [3.63, 3.8) is 0 Å². The van der Waals surface area contributed by atoms with E-state index >= 15 is 0 Å². The Bertz CT molecular complexity index is 1010. The Morgan fingerprint density at radius 2 is 1.57 bits per heavy atom. The van der Waals surface area contributed by atoms with Crippen molar-refractivity contribution in [2.75, 3.05) is 0 Å². The van der Waals surface area contributed by atoms with Gasteiger partial charge in [-0.25, -0.2) is 0 Å². The van der Waals surface area contributed by atoms with E-state index < -0.39 is 0 Å². The van der Waals surface area contributed by atoms with Crippen molar-refractivity contribution in [1.82, 2.24) is 4.57 Å². The van der Waals surface area contributed by atoms with Gasteiger partial charge in [-0.2, -0.15) is 0 Å². The number of para-hydroxylation sites is 1. The SMILES string of the molecule is C=Cc1cc2ccccc2cc1-c1c(C)c2ccccc2n1C. The smallest absolute Gasteiger partial charge is 0.0524 e. The third-order valence-corrected chi connectivity index (χ3v) is 4.75. The second kappa shape index (κ2) is 5.13. The van der Waals surface area contributed by atoms with Gasteiger partial charge in [0, 0.05) is 23.5 Å². The molecular weight excluding hydrogens is 278 g/mol. The quantitative estimate of drug-likeness (QED) is 0.431. The second-order valence-corrected chi connectivity index (χ2v) is 6.04. The largest absolute Gasteiger partial charge is 0.343 e. The van der Waals surface area contributed by atoms with Crippen molar-refractivity contribution >= 4 is 27.8 Å². The van der Waals surface area contributed by atoms with E-state index in [1.807, 2.05) is 6.08 Å². The number of fused-ring (bicyclic) bond motifs is 2. The molecule has 4 rings (SSSR count). The topological polar surface area (TPSA) is 4.93 Å². The van der Waals surface area contributed by atoms with E-state index in [-0.39, 0.29) is 0 Å². The first-order valence-electron chi connectivity index (χ1n) is 7.90. The highest BCUT2D eigenvalue weighted by Crippen LogP contribution is 2.36. The lowest BCUT2D eigenvalue weighted by Gasteiger charge is -2.12. The number of rotatable bonds is 2. The molecule has 0 bridgehead atoms. The summed E-state index contributed by atoms with van der Waals surface area (Å²) in [5, 5.41) is 3.83. The van der Waals surface area contributed by atoms with E-state index in [9.17, 15) is 0 Å². The maximum Gasteiger partial charge on any atom is 0.0524 e. The number of hydrogen-bond acceptors (Lipinski definition) is 0. The van der Waals surface area contributed by atoms with Gasteiger partial charge in [0.2, 0.25) is 0 Å². The zero-order valence-corrected chi connectivity index (χ0v) is 13.5. The Morgan fingerprint density at radius 3 is 2.26 bits per heavy atom. The molecule has 0 fully saturated rings. The van der Waals surface area contributed by atoms with E-state index in [2.05, 4.69) is 85.8 Å². The highest BCUT2D eigenvalue weighted by Gasteiger charge is 2.15. The Labute approximate surface area is 136 Å². The highest BCUT2D eigenvalue weighted by atomic mass is 14.9. The number of aryl methyl sites for hydroxylation is 2. The summed E-state index contributed by atoms with van der Waals surface area (Å²) >= 11 is 0. The first-order chi connectivity index (χ1) is 11.2. The van der Waals surface area contributed by atoms with Gasteiger partial charge in [0.1, 0.15) is 0 Å². The molecule has 3 aromatic carbocycles. The number of benzene rings is 3. The average Bonchev–Trinajstić information content (AvgIpc) is 2.85. The van der Waals surface area contributed by atoms with Gasteiger partial charge < -0.3 is 4.57 Å². The Hall–Kier alpha value is -2.80. The van der Waals surface area contributed by atoms with Crippen LogP contribution in [-0.4, -0.2) is 4.57 Å². The number of nitrogens with zero attached hydrogens (tertiary/aromatic N) is 1. The van der Waals surface area contributed by atoms with Crippen molar-refractivity contribution in [3.05, 3.63) is 78.4 Å². The zero-order valence-electron chi connectivity index (χ0n) is 13.5. The van der Waals surface area contributed by atoms with Crippen molar-refractivity contribution < 1.29 is 0 Å². The molecule has 0 saturated carbocycles. The average molecular weight is 297 g/mol. The zero-order chi connectivity index (χ0) is 16.0. The van der Waals surface area contributed by atoms with Crippen LogP contribution < -0.4 is 0 Å². The predicted molar refractivity (Wildman–Crippen MR) is 101 cm³/mol. The molecule has 1 heterocycles. The van der Waals surface area contributed by atoms with Crippen LogP contribution in [0.15, 0.2) is 67.2 Å². The van der Waals surface area contributed by atoms with Crippen molar-refractivity contribution in [3.8, 4) is 11.3 Å². The van der Waals surface area contributed by atoms with E-state index in [4.69, 9.17) is 0 Å². The molecule has 0 radical (unpaired) electrons. The van der Waals surface area contributed by atoms with Gasteiger partial charge in [0.25, 0.3) is 0 Å². The summed E-state index contributed by atoms with van der Waals surface area (Å²) in [6, 6.07) is 21.6. The van der Waals surface area contributed by atoms with E-state index in [0.29, 0.717) is 0 Å². The maximum absolute atomic E-state index is 4.03. The van der Waals surface area contributed by atoms with Crippen LogP contribution in [0.5, 0.6) is 0 Å². The fourth-order valence-corrected chi connectivity index (χ4v) is 3.60. The van der Waals surface area contributed by atoms with Gasteiger partial charge >= 0.3 is 0 Å². The molecule has 1 nitrogen and oxygen atoms in total. The second-order valence-electron chi connectivity index (χ2n) is 6.04. The fraction of sp³-hybridized carbons (Fsp3) is 0.0909. The molecule has 0 atom stereocenters. The van der Waals surface area contributed by atoms with Crippen LogP contribution in [0.25, 0.3) is 39.0 Å². The van der Waals surface area contributed by atoms with Crippen LogP contribution in [0.3, 0.4) is 0 Å². The highest BCUT2D eigenvalue weighted by molar-refractivity contribution is 5.97. The van der Waals surface area contributed by atoms with Crippen molar-refractivity contribution in [2.24, 2.45) is 7.05 Å². The van der Waals surface area contributed by atoms with Gasteiger partial charge in [0.15, 0.2) is 0 Å². The van der Waals surface area contributed by atoms with E-state index in [1.54, 1.807) is 0 Å². The molecule has 0 saturated heterocycles. The summed E-state index contributed by atoms with van der Waals surface area (Å²) in [6.07, 6.45) is 1.96. The number of aromatic nitrogens is 1. The molecule has 1 aromatic heterocycles.